The first kappa shape index (κ1) is 32.5. The van der Waals surface area contributed by atoms with Gasteiger partial charge >= 0.3 is 0 Å². The van der Waals surface area contributed by atoms with Gasteiger partial charge in [0.25, 0.3) is 0 Å². The van der Waals surface area contributed by atoms with Crippen LogP contribution in [0.2, 0.25) is 0 Å². The fourth-order valence-corrected chi connectivity index (χ4v) is 6.73. The van der Waals surface area contributed by atoms with E-state index in [1.807, 2.05) is 0 Å². The average Bonchev–Trinajstić information content (AvgIpc) is 3.05. The Balaban J connectivity index is 1.57. The van der Waals surface area contributed by atoms with Crippen LogP contribution < -0.4 is 27.6 Å². The summed E-state index contributed by atoms with van der Waals surface area (Å²) in [5.74, 6) is -0.990. The lowest BCUT2D eigenvalue weighted by molar-refractivity contribution is 0.00154. The normalized spacial score (nSPS) is 21.7. The summed E-state index contributed by atoms with van der Waals surface area (Å²) in [5, 5.41) is 65.6. The summed E-state index contributed by atoms with van der Waals surface area (Å²) in [6.45, 7) is 0. The lowest BCUT2D eigenvalue weighted by Gasteiger charge is -2.40. The Morgan fingerprint density at radius 3 is 1.98 bits per heavy atom. The molecule has 6 N–H and O–H groups in total. The Hall–Kier alpha value is -3.48. The van der Waals surface area contributed by atoms with Crippen molar-refractivity contribution in [2.24, 2.45) is 0 Å². The van der Waals surface area contributed by atoms with Gasteiger partial charge in [-0.05, 0) is 35.4 Å². The summed E-state index contributed by atoms with van der Waals surface area (Å²) < 4.78 is 34.4. The van der Waals surface area contributed by atoms with Crippen LogP contribution in [0, 0.1) is 0 Å². The molecular weight excluding hydrogens is 676 g/mol. The highest BCUT2D eigenvalue weighted by Gasteiger charge is 2.46. The zero-order valence-corrected chi connectivity index (χ0v) is 28.4. The fourth-order valence-electron chi connectivity index (χ4n) is 6.02. The summed E-state index contributed by atoms with van der Waals surface area (Å²) in [6.07, 6.45) is -4.82. The van der Waals surface area contributed by atoms with E-state index in [0.29, 0.717) is 33.9 Å². The van der Waals surface area contributed by atoms with Gasteiger partial charge in [-0.25, -0.2) is 0 Å². The van der Waals surface area contributed by atoms with Crippen molar-refractivity contribution >= 4 is 37.9 Å². The molecule has 4 aromatic rings. The van der Waals surface area contributed by atoms with Gasteiger partial charge in [-0.3, -0.25) is 0 Å². The molecule has 0 radical (unpaired) electrons. The van der Waals surface area contributed by atoms with Gasteiger partial charge in [0, 0.05) is 41.3 Å². The topological polar surface area (TPSA) is 177 Å². The van der Waals surface area contributed by atoms with Crippen LogP contribution in [0.5, 0.6) is 57.5 Å². The molecule has 0 saturated carbocycles. The molecule has 4 aromatic carbocycles. The van der Waals surface area contributed by atoms with E-state index in [2.05, 4.69) is 37.9 Å². The second-order valence-electron chi connectivity index (χ2n) is 10.7. The van der Waals surface area contributed by atoms with Crippen LogP contribution >= 0.6 is 37.9 Å². The number of ether oxygens (including phenoxy) is 2. The van der Waals surface area contributed by atoms with Crippen LogP contribution in [-0.2, 0) is 6.42 Å². The van der Waals surface area contributed by atoms with Crippen molar-refractivity contribution in [1.29, 1.82) is 0 Å². The SMILES string of the molecule is Oc1ccc(C2Oc3c(c(O)cc(O)c3C3c4c(OP)cc(OP)cc4OC(c4ccc(OP)c(OP)c4)C3O)CC2O)cc1O. The Labute approximate surface area is 272 Å². The van der Waals surface area contributed by atoms with Crippen molar-refractivity contribution in [3.05, 3.63) is 82.4 Å². The summed E-state index contributed by atoms with van der Waals surface area (Å²) >= 11 is 0. The number of phenolic OH excluding ortho intramolecular Hbond substituents is 4. The molecule has 2 aliphatic rings. The van der Waals surface area contributed by atoms with Crippen LogP contribution in [-0.4, -0.2) is 42.8 Å². The molecule has 242 valence electrons. The number of hydrogen-bond acceptors (Lipinski definition) is 12. The predicted molar refractivity (Wildman–Crippen MR) is 178 cm³/mol. The van der Waals surface area contributed by atoms with Crippen molar-refractivity contribution in [3.8, 4) is 57.5 Å². The lowest BCUT2D eigenvalue weighted by atomic mass is 9.77. The van der Waals surface area contributed by atoms with E-state index < -0.39 is 41.8 Å². The average molecular weight is 706 g/mol. The largest absolute Gasteiger partial charge is 0.507 e. The van der Waals surface area contributed by atoms with Gasteiger partial charge in [-0.1, -0.05) is 12.1 Å². The van der Waals surface area contributed by atoms with Crippen molar-refractivity contribution in [2.45, 2.75) is 36.8 Å². The molecule has 0 amide bonds. The van der Waals surface area contributed by atoms with E-state index in [1.54, 1.807) is 30.3 Å². The van der Waals surface area contributed by atoms with E-state index in [-0.39, 0.29) is 46.3 Å². The summed E-state index contributed by atoms with van der Waals surface area (Å²) in [7, 11) is 8.58. The van der Waals surface area contributed by atoms with Gasteiger partial charge in [-0.15, -0.1) is 0 Å². The number of aliphatic hydroxyl groups is 2. The molecule has 9 atom stereocenters. The van der Waals surface area contributed by atoms with E-state index >= 15 is 0 Å². The molecule has 46 heavy (non-hydrogen) atoms. The maximum atomic E-state index is 12.2. The van der Waals surface area contributed by atoms with E-state index in [9.17, 15) is 30.6 Å². The van der Waals surface area contributed by atoms with Gasteiger partial charge in [0.2, 0.25) is 0 Å². The summed E-state index contributed by atoms with van der Waals surface area (Å²) in [6, 6.07) is 13.3. The first-order valence-electron chi connectivity index (χ1n) is 13.7. The molecule has 0 fully saturated rings. The number of rotatable bonds is 7. The zero-order valence-electron chi connectivity index (χ0n) is 23.7. The first-order valence-corrected chi connectivity index (χ1v) is 15.6. The standard InChI is InChI=1S/C30H30O12P4/c31-15-3-1-11(5-17(15)33)28-19(35)9-14-16(32)10-18(34)24(30(14)38-28)26-25-22(7-13(39-43)8-23(25)42-46)37-29(27(26)36)12-2-4-20(40-44)21(6-12)41-45/h1-8,10,19,26-29,31-36H,9,43-46H2. The Bertz CT molecular complexity index is 1800. The van der Waals surface area contributed by atoms with Crippen LogP contribution in [0.4, 0.5) is 0 Å². The highest BCUT2D eigenvalue weighted by atomic mass is 31.0. The van der Waals surface area contributed by atoms with Gasteiger partial charge in [-0.2, -0.15) is 0 Å². The predicted octanol–water partition coefficient (Wildman–Crippen LogP) is 4.85. The third-order valence-electron chi connectivity index (χ3n) is 8.13. The quantitative estimate of drug-likeness (QED) is 0.114. The number of phenols is 4. The molecule has 0 spiro atoms. The molecule has 9 unspecified atom stereocenters. The van der Waals surface area contributed by atoms with Crippen LogP contribution in [0.1, 0.15) is 45.9 Å². The molecule has 0 aromatic heterocycles. The van der Waals surface area contributed by atoms with Gasteiger partial charge in [0.05, 0.1) is 49.9 Å². The number of benzene rings is 4. The monoisotopic (exact) mass is 706 g/mol. The number of hydrogen-bond donors (Lipinski definition) is 6. The van der Waals surface area contributed by atoms with Gasteiger partial charge in [0.1, 0.15) is 46.7 Å². The van der Waals surface area contributed by atoms with Crippen molar-refractivity contribution < 1.29 is 58.2 Å². The molecule has 0 aliphatic carbocycles. The van der Waals surface area contributed by atoms with E-state index in [1.165, 1.54) is 18.2 Å². The Kier molecular flexibility index (Phi) is 9.15. The van der Waals surface area contributed by atoms with Gasteiger partial charge in [0.15, 0.2) is 29.1 Å². The summed E-state index contributed by atoms with van der Waals surface area (Å²) in [4.78, 5) is 0. The molecule has 6 rings (SSSR count). The highest BCUT2D eigenvalue weighted by Crippen LogP contribution is 2.58. The summed E-state index contributed by atoms with van der Waals surface area (Å²) in [5.41, 5.74) is 1.44. The van der Waals surface area contributed by atoms with Crippen molar-refractivity contribution in [3.63, 3.8) is 0 Å². The molecule has 2 aliphatic heterocycles. The fraction of sp³-hybridized carbons (Fsp3) is 0.200. The zero-order chi connectivity index (χ0) is 32.9. The molecular formula is C30H30O12P4. The minimum atomic E-state index is -1.40. The first-order chi connectivity index (χ1) is 22.1. The second-order valence-corrected chi connectivity index (χ2v) is 11.7. The number of aromatic hydroxyl groups is 4. The van der Waals surface area contributed by atoms with Crippen LogP contribution in [0.15, 0.2) is 54.6 Å². The molecule has 16 heteroatoms. The smallest absolute Gasteiger partial charge is 0.165 e. The maximum Gasteiger partial charge on any atom is 0.165 e. The van der Waals surface area contributed by atoms with Crippen molar-refractivity contribution in [2.75, 3.05) is 0 Å². The maximum absolute atomic E-state index is 12.2. The molecule has 0 saturated heterocycles. The Morgan fingerprint density at radius 1 is 0.609 bits per heavy atom. The number of fused-ring (bicyclic) bond motifs is 2. The highest BCUT2D eigenvalue weighted by molar-refractivity contribution is 7.11. The Morgan fingerprint density at radius 2 is 1.30 bits per heavy atom. The molecule has 0 bridgehead atoms. The molecule has 12 nitrogen and oxygen atoms in total. The van der Waals surface area contributed by atoms with E-state index in [4.69, 9.17) is 27.6 Å². The second kappa shape index (κ2) is 13.0. The van der Waals surface area contributed by atoms with Crippen LogP contribution in [0.3, 0.4) is 0 Å². The van der Waals surface area contributed by atoms with Gasteiger partial charge < -0.3 is 58.2 Å². The van der Waals surface area contributed by atoms with Crippen LogP contribution in [0.25, 0.3) is 0 Å². The lowest BCUT2D eigenvalue weighted by Crippen LogP contribution is -2.37. The number of aliphatic hydroxyl groups excluding tert-OH is 2. The third kappa shape index (κ3) is 5.58. The van der Waals surface area contributed by atoms with Crippen molar-refractivity contribution in [1.82, 2.24) is 0 Å². The minimum absolute atomic E-state index is 0.0119. The minimum Gasteiger partial charge on any atom is -0.507 e. The molecule has 2 heterocycles. The third-order valence-corrected chi connectivity index (χ3v) is 9.17. The van der Waals surface area contributed by atoms with E-state index in [0.717, 1.165) is 6.07 Å².